The molecule has 0 spiro atoms. The second kappa shape index (κ2) is 4.86. The van der Waals surface area contributed by atoms with Crippen molar-refractivity contribution in [3.8, 4) is 0 Å². The highest BCUT2D eigenvalue weighted by Crippen LogP contribution is 2.28. The molecule has 0 radical (unpaired) electrons. The molecule has 0 amide bonds. The van der Waals surface area contributed by atoms with E-state index in [1.165, 1.54) is 13.8 Å². The Morgan fingerprint density at radius 2 is 1.82 bits per heavy atom. The van der Waals surface area contributed by atoms with Gasteiger partial charge in [0.15, 0.2) is 11.6 Å². The van der Waals surface area contributed by atoms with Crippen LogP contribution >= 0.6 is 11.8 Å². The highest BCUT2D eigenvalue weighted by molar-refractivity contribution is 8.01. The van der Waals surface area contributed by atoms with Gasteiger partial charge in [-0.3, -0.25) is 14.7 Å². The van der Waals surface area contributed by atoms with Crippen LogP contribution in [-0.2, 0) is 15.8 Å². The lowest BCUT2D eigenvalue weighted by molar-refractivity contribution is -0.144. The van der Waals surface area contributed by atoms with Gasteiger partial charge in [-0.15, -0.1) is 5.10 Å². The first-order valence-electron chi connectivity index (χ1n) is 4.39. The van der Waals surface area contributed by atoms with Crippen LogP contribution in [0.5, 0.6) is 0 Å². The molecule has 0 bridgehead atoms. The average molecular weight is 267 g/mol. The minimum absolute atomic E-state index is 0.285. The second-order valence-corrected chi connectivity index (χ2v) is 4.26. The molecule has 1 rings (SSSR count). The predicted octanol–water partition coefficient (Wildman–Crippen LogP) is 1.46. The van der Waals surface area contributed by atoms with E-state index in [9.17, 15) is 22.8 Å². The lowest BCUT2D eigenvalue weighted by atomic mass is 10.2. The van der Waals surface area contributed by atoms with E-state index in [0.717, 1.165) is 0 Å². The number of aromatic amines is 1. The summed E-state index contributed by atoms with van der Waals surface area (Å²) in [5.74, 6) is -2.17. The fourth-order valence-corrected chi connectivity index (χ4v) is 1.77. The number of hydrogen-bond donors (Lipinski definition) is 1. The molecule has 0 aliphatic carbocycles. The van der Waals surface area contributed by atoms with Gasteiger partial charge < -0.3 is 0 Å². The van der Waals surface area contributed by atoms with Crippen LogP contribution in [0.3, 0.4) is 0 Å². The summed E-state index contributed by atoms with van der Waals surface area (Å²) in [4.78, 5) is 25.3. The number of nitrogens with zero attached hydrogens (tertiary/aromatic N) is 2. The Hall–Kier alpha value is -1.38. The number of nitrogens with one attached hydrogen (secondary N) is 1. The minimum atomic E-state index is -4.63. The molecule has 1 aromatic rings. The molecule has 0 unspecified atom stereocenters. The first kappa shape index (κ1) is 13.7. The average Bonchev–Trinajstić information content (AvgIpc) is 2.60. The van der Waals surface area contributed by atoms with E-state index in [1.54, 1.807) is 5.10 Å². The van der Waals surface area contributed by atoms with Gasteiger partial charge in [-0.1, -0.05) is 11.8 Å². The summed E-state index contributed by atoms with van der Waals surface area (Å²) in [6, 6.07) is 0. The maximum absolute atomic E-state index is 12.2. The molecular weight excluding hydrogens is 259 g/mol. The maximum Gasteiger partial charge on any atom is 0.451 e. The molecule has 0 aliphatic rings. The molecule has 5 nitrogen and oxygen atoms in total. The van der Waals surface area contributed by atoms with E-state index in [1.807, 2.05) is 0 Å². The van der Waals surface area contributed by atoms with Gasteiger partial charge in [0.05, 0.1) is 0 Å². The molecule has 17 heavy (non-hydrogen) atoms. The van der Waals surface area contributed by atoms with Gasteiger partial charge in [-0.05, 0) is 13.8 Å². The number of thioether (sulfide) groups is 1. The summed E-state index contributed by atoms with van der Waals surface area (Å²) >= 11 is 0.589. The molecule has 94 valence electrons. The SMILES string of the molecule is CC(=O)C(Sc1n[nH]c(C(F)(F)F)n1)C(C)=O. The van der Waals surface area contributed by atoms with Gasteiger partial charge in [0.2, 0.25) is 11.0 Å². The van der Waals surface area contributed by atoms with E-state index in [0.29, 0.717) is 11.8 Å². The molecule has 0 aromatic carbocycles. The number of aromatic nitrogens is 3. The van der Waals surface area contributed by atoms with Crippen LogP contribution in [0.25, 0.3) is 0 Å². The Labute approximate surface area is 98.2 Å². The summed E-state index contributed by atoms with van der Waals surface area (Å²) in [6.45, 7) is 2.35. The molecule has 0 saturated heterocycles. The van der Waals surface area contributed by atoms with Crippen LogP contribution in [-0.4, -0.2) is 32.0 Å². The molecule has 1 aromatic heterocycles. The summed E-state index contributed by atoms with van der Waals surface area (Å²) in [7, 11) is 0. The molecule has 9 heteroatoms. The first-order chi connectivity index (χ1) is 7.71. The lowest BCUT2D eigenvalue weighted by Crippen LogP contribution is -2.22. The van der Waals surface area contributed by atoms with Crippen molar-refractivity contribution in [1.82, 2.24) is 15.2 Å². The van der Waals surface area contributed by atoms with E-state index >= 15 is 0 Å². The van der Waals surface area contributed by atoms with Crippen molar-refractivity contribution in [2.45, 2.75) is 30.4 Å². The number of rotatable bonds is 4. The number of hydrogen-bond acceptors (Lipinski definition) is 5. The Kier molecular flexibility index (Phi) is 3.91. The number of carbonyl (C=O) groups excluding carboxylic acids is 2. The molecule has 0 fully saturated rings. The molecule has 0 aliphatic heterocycles. The smallest absolute Gasteiger partial charge is 0.298 e. The maximum atomic E-state index is 12.2. The Balaban J connectivity index is 2.85. The third-order valence-electron chi connectivity index (χ3n) is 1.70. The van der Waals surface area contributed by atoms with Crippen LogP contribution < -0.4 is 0 Å². The van der Waals surface area contributed by atoms with E-state index in [4.69, 9.17) is 0 Å². The lowest BCUT2D eigenvalue weighted by Gasteiger charge is -2.05. The molecule has 1 heterocycles. The van der Waals surface area contributed by atoms with Crippen molar-refractivity contribution in [1.29, 1.82) is 0 Å². The van der Waals surface area contributed by atoms with Crippen molar-refractivity contribution >= 4 is 23.3 Å². The van der Waals surface area contributed by atoms with E-state index < -0.39 is 28.8 Å². The Morgan fingerprint density at radius 1 is 1.29 bits per heavy atom. The van der Waals surface area contributed by atoms with Crippen molar-refractivity contribution in [3.63, 3.8) is 0 Å². The van der Waals surface area contributed by atoms with Gasteiger partial charge >= 0.3 is 6.18 Å². The number of carbonyl (C=O) groups is 2. The van der Waals surface area contributed by atoms with Gasteiger partial charge in [-0.2, -0.15) is 18.2 Å². The number of Topliss-reactive ketones (excluding diaryl/α,β-unsaturated/α-hetero) is 2. The molecule has 0 saturated carbocycles. The molecular formula is C8H8F3N3O2S. The zero-order chi connectivity index (χ0) is 13.2. The predicted molar refractivity (Wildman–Crippen MR) is 52.4 cm³/mol. The summed E-state index contributed by atoms with van der Waals surface area (Å²) in [5, 5.41) is 3.63. The van der Waals surface area contributed by atoms with Crippen molar-refractivity contribution in [2.24, 2.45) is 0 Å². The Bertz CT molecular complexity index is 429. The quantitative estimate of drug-likeness (QED) is 0.660. The fourth-order valence-electron chi connectivity index (χ4n) is 0.984. The largest absolute Gasteiger partial charge is 0.451 e. The van der Waals surface area contributed by atoms with Crippen LogP contribution in [0.2, 0.25) is 0 Å². The van der Waals surface area contributed by atoms with Crippen LogP contribution in [0.4, 0.5) is 13.2 Å². The standard InChI is InChI=1S/C8H8F3N3O2S/c1-3(15)5(4(2)16)17-7-12-6(13-14-7)8(9,10)11/h5H,1-2H3,(H,12,13,14). The number of H-pyrrole nitrogens is 1. The van der Waals surface area contributed by atoms with Crippen LogP contribution in [0, 0.1) is 0 Å². The Morgan fingerprint density at radius 3 is 2.18 bits per heavy atom. The van der Waals surface area contributed by atoms with Gasteiger partial charge in [-0.25, -0.2) is 0 Å². The monoisotopic (exact) mass is 267 g/mol. The summed E-state index contributed by atoms with van der Waals surface area (Å²) in [6.07, 6.45) is -4.63. The van der Waals surface area contributed by atoms with Gasteiger partial charge in [0, 0.05) is 0 Å². The van der Waals surface area contributed by atoms with Crippen LogP contribution in [0.15, 0.2) is 5.16 Å². The van der Waals surface area contributed by atoms with Gasteiger partial charge in [0.1, 0.15) is 5.25 Å². The summed E-state index contributed by atoms with van der Waals surface area (Å²) < 4.78 is 36.5. The topological polar surface area (TPSA) is 75.7 Å². The zero-order valence-electron chi connectivity index (χ0n) is 8.83. The van der Waals surface area contributed by atoms with Crippen LogP contribution in [0.1, 0.15) is 19.7 Å². The normalized spacial score (nSPS) is 11.9. The third kappa shape index (κ3) is 3.55. The zero-order valence-corrected chi connectivity index (χ0v) is 9.65. The summed E-state index contributed by atoms with van der Waals surface area (Å²) in [5.41, 5.74) is 0. The van der Waals surface area contributed by atoms with E-state index in [2.05, 4.69) is 10.1 Å². The molecule has 1 N–H and O–H groups in total. The number of ketones is 2. The fraction of sp³-hybridized carbons (Fsp3) is 0.500. The minimum Gasteiger partial charge on any atom is -0.298 e. The highest BCUT2D eigenvalue weighted by atomic mass is 32.2. The second-order valence-electron chi connectivity index (χ2n) is 3.18. The third-order valence-corrected chi connectivity index (χ3v) is 2.99. The van der Waals surface area contributed by atoms with Crippen molar-refractivity contribution in [2.75, 3.05) is 0 Å². The molecule has 0 atom stereocenters. The van der Waals surface area contributed by atoms with Gasteiger partial charge in [0.25, 0.3) is 0 Å². The van der Waals surface area contributed by atoms with E-state index in [-0.39, 0.29) is 5.16 Å². The highest BCUT2D eigenvalue weighted by Gasteiger charge is 2.36. The first-order valence-corrected chi connectivity index (χ1v) is 5.27. The van der Waals surface area contributed by atoms with Crippen molar-refractivity contribution in [3.05, 3.63) is 5.82 Å². The number of halogens is 3. The number of alkyl halides is 3. The van der Waals surface area contributed by atoms with Crippen molar-refractivity contribution < 1.29 is 22.8 Å².